The highest BCUT2D eigenvalue weighted by atomic mass is 14.2. The Morgan fingerprint density at radius 1 is 1.15 bits per heavy atom. The second kappa shape index (κ2) is 3.78. The van der Waals surface area contributed by atoms with E-state index in [1.807, 2.05) is 0 Å². The summed E-state index contributed by atoms with van der Waals surface area (Å²) >= 11 is 0. The molecule has 0 amide bonds. The van der Waals surface area contributed by atoms with Crippen LogP contribution in [-0.4, -0.2) is 0 Å². The standard InChI is InChI=1S/C13H16/c1-11-7-5-6-10-13(11)12-8-3-2-4-9-12/h2-4,8-11H,5-7H2,1H3. The minimum Gasteiger partial charge on any atom is -0.0804 e. The minimum atomic E-state index is 0.746. The van der Waals surface area contributed by atoms with Gasteiger partial charge in [-0.25, -0.2) is 0 Å². The predicted octanol–water partition coefficient (Wildman–Crippen LogP) is 3.89. The van der Waals surface area contributed by atoms with E-state index in [0.29, 0.717) is 0 Å². The van der Waals surface area contributed by atoms with Crippen LogP contribution in [0.1, 0.15) is 31.7 Å². The first-order chi connectivity index (χ1) is 6.38. The number of rotatable bonds is 1. The van der Waals surface area contributed by atoms with Crippen LogP contribution >= 0.6 is 0 Å². The van der Waals surface area contributed by atoms with E-state index in [4.69, 9.17) is 0 Å². The van der Waals surface area contributed by atoms with Crippen molar-refractivity contribution in [3.8, 4) is 0 Å². The first-order valence-electron chi connectivity index (χ1n) is 5.13. The average Bonchev–Trinajstić information content (AvgIpc) is 2.20. The van der Waals surface area contributed by atoms with Gasteiger partial charge in [-0.15, -0.1) is 0 Å². The normalized spacial score (nSPS) is 22.5. The van der Waals surface area contributed by atoms with Crippen molar-refractivity contribution < 1.29 is 0 Å². The van der Waals surface area contributed by atoms with Gasteiger partial charge in [-0.2, -0.15) is 0 Å². The fourth-order valence-corrected chi connectivity index (χ4v) is 2.07. The first kappa shape index (κ1) is 8.55. The molecule has 0 aliphatic heterocycles. The SMILES string of the molecule is CC1CCCC=C1c1ccccc1. The molecule has 0 N–H and O–H groups in total. The van der Waals surface area contributed by atoms with Gasteiger partial charge < -0.3 is 0 Å². The summed E-state index contributed by atoms with van der Waals surface area (Å²) in [6, 6.07) is 10.8. The zero-order valence-electron chi connectivity index (χ0n) is 8.16. The predicted molar refractivity (Wildman–Crippen MR) is 57.4 cm³/mol. The molecule has 0 spiro atoms. The van der Waals surface area contributed by atoms with E-state index in [0.717, 1.165) is 5.92 Å². The highest BCUT2D eigenvalue weighted by Gasteiger charge is 2.13. The molecule has 0 saturated carbocycles. The zero-order chi connectivity index (χ0) is 9.10. The van der Waals surface area contributed by atoms with Gasteiger partial charge in [0.25, 0.3) is 0 Å². The van der Waals surface area contributed by atoms with Crippen molar-refractivity contribution in [1.29, 1.82) is 0 Å². The lowest BCUT2D eigenvalue weighted by molar-refractivity contribution is 0.601. The summed E-state index contributed by atoms with van der Waals surface area (Å²) in [5.74, 6) is 0.746. The number of allylic oxidation sites excluding steroid dienone is 2. The van der Waals surface area contributed by atoms with Crippen molar-refractivity contribution in [1.82, 2.24) is 0 Å². The molecule has 0 aromatic heterocycles. The molecule has 0 radical (unpaired) electrons. The molecule has 1 aromatic carbocycles. The minimum absolute atomic E-state index is 0.746. The molecule has 1 aliphatic carbocycles. The highest BCUT2D eigenvalue weighted by molar-refractivity contribution is 5.67. The Bertz CT molecular complexity index is 295. The number of hydrogen-bond acceptors (Lipinski definition) is 0. The van der Waals surface area contributed by atoms with Crippen LogP contribution in [0.15, 0.2) is 36.4 Å². The fourth-order valence-electron chi connectivity index (χ4n) is 2.07. The van der Waals surface area contributed by atoms with Gasteiger partial charge in [-0.3, -0.25) is 0 Å². The second-order valence-corrected chi connectivity index (χ2v) is 3.86. The van der Waals surface area contributed by atoms with Gasteiger partial charge in [-0.05, 0) is 36.3 Å². The maximum absolute atomic E-state index is 2.41. The van der Waals surface area contributed by atoms with Crippen molar-refractivity contribution in [2.75, 3.05) is 0 Å². The average molecular weight is 172 g/mol. The smallest absolute Gasteiger partial charge is 0.0188 e. The summed E-state index contributed by atoms with van der Waals surface area (Å²) in [7, 11) is 0. The number of benzene rings is 1. The molecule has 1 atom stereocenters. The lowest BCUT2D eigenvalue weighted by atomic mass is 9.85. The van der Waals surface area contributed by atoms with Crippen molar-refractivity contribution in [2.45, 2.75) is 26.2 Å². The molecule has 0 saturated heterocycles. The van der Waals surface area contributed by atoms with Crippen LogP contribution in [0.3, 0.4) is 0 Å². The molecule has 1 aliphatic rings. The van der Waals surface area contributed by atoms with Crippen LogP contribution in [0.4, 0.5) is 0 Å². The Hall–Kier alpha value is -1.04. The highest BCUT2D eigenvalue weighted by Crippen LogP contribution is 2.31. The lowest BCUT2D eigenvalue weighted by Gasteiger charge is -2.20. The quantitative estimate of drug-likeness (QED) is 0.603. The third-order valence-electron chi connectivity index (χ3n) is 2.84. The number of hydrogen-bond donors (Lipinski definition) is 0. The Labute approximate surface area is 80.3 Å². The molecule has 0 bridgehead atoms. The van der Waals surface area contributed by atoms with Crippen LogP contribution in [0.2, 0.25) is 0 Å². The lowest BCUT2D eigenvalue weighted by Crippen LogP contribution is -2.03. The Balaban J connectivity index is 2.30. The van der Waals surface area contributed by atoms with Crippen molar-refractivity contribution in [3.63, 3.8) is 0 Å². The van der Waals surface area contributed by atoms with Gasteiger partial charge in [0.05, 0.1) is 0 Å². The molecular weight excluding hydrogens is 156 g/mol. The van der Waals surface area contributed by atoms with E-state index in [2.05, 4.69) is 43.3 Å². The van der Waals surface area contributed by atoms with Gasteiger partial charge in [0.15, 0.2) is 0 Å². The summed E-state index contributed by atoms with van der Waals surface area (Å²) in [5.41, 5.74) is 2.96. The van der Waals surface area contributed by atoms with E-state index < -0.39 is 0 Å². The molecule has 0 heteroatoms. The maximum Gasteiger partial charge on any atom is -0.0188 e. The zero-order valence-corrected chi connectivity index (χ0v) is 8.16. The van der Waals surface area contributed by atoms with Crippen LogP contribution in [-0.2, 0) is 0 Å². The molecule has 1 unspecified atom stereocenters. The van der Waals surface area contributed by atoms with Crippen molar-refractivity contribution in [2.24, 2.45) is 5.92 Å². The molecule has 13 heavy (non-hydrogen) atoms. The van der Waals surface area contributed by atoms with Crippen LogP contribution in [0.25, 0.3) is 5.57 Å². The molecule has 0 fully saturated rings. The van der Waals surface area contributed by atoms with Crippen molar-refractivity contribution >= 4 is 5.57 Å². The largest absolute Gasteiger partial charge is 0.0804 e. The van der Waals surface area contributed by atoms with E-state index in [1.54, 1.807) is 5.57 Å². The summed E-state index contributed by atoms with van der Waals surface area (Å²) in [4.78, 5) is 0. The second-order valence-electron chi connectivity index (χ2n) is 3.86. The fraction of sp³-hybridized carbons (Fsp3) is 0.385. The van der Waals surface area contributed by atoms with E-state index in [9.17, 15) is 0 Å². The van der Waals surface area contributed by atoms with Crippen LogP contribution in [0.5, 0.6) is 0 Å². The van der Waals surface area contributed by atoms with Gasteiger partial charge in [0, 0.05) is 0 Å². The molecule has 2 rings (SSSR count). The summed E-state index contributed by atoms with van der Waals surface area (Å²) < 4.78 is 0. The van der Waals surface area contributed by atoms with Gasteiger partial charge in [0.1, 0.15) is 0 Å². The summed E-state index contributed by atoms with van der Waals surface area (Å²) in [6.45, 7) is 2.33. The molecule has 0 nitrogen and oxygen atoms in total. The van der Waals surface area contributed by atoms with E-state index in [1.165, 1.54) is 24.8 Å². The monoisotopic (exact) mass is 172 g/mol. The van der Waals surface area contributed by atoms with E-state index >= 15 is 0 Å². The van der Waals surface area contributed by atoms with Gasteiger partial charge >= 0.3 is 0 Å². The Morgan fingerprint density at radius 2 is 1.92 bits per heavy atom. The van der Waals surface area contributed by atoms with Gasteiger partial charge in [-0.1, -0.05) is 43.3 Å². The molecule has 68 valence electrons. The third-order valence-corrected chi connectivity index (χ3v) is 2.84. The maximum atomic E-state index is 2.41. The van der Waals surface area contributed by atoms with Crippen molar-refractivity contribution in [3.05, 3.63) is 42.0 Å². The first-order valence-corrected chi connectivity index (χ1v) is 5.13. The third kappa shape index (κ3) is 1.82. The Morgan fingerprint density at radius 3 is 2.62 bits per heavy atom. The molecule has 0 heterocycles. The van der Waals surface area contributed by atoms with E-state index in [-0.39, 0.29) is 0 Å². The summed E-state index contributed by atoms with van der Waals surface area (Å²) in [5, 5.41) is 0. The van der Waals surface area contributed by atoms with Crippen LogP contribution < -0.4 is 0 Å². The van der Waals surface area contributed by atoms with Gasteiger partial charge in [0.2, 0.25) is 0 Å². The topological polar surface area (TPSA) is 0 Å². The molecular formula is C13H16. The Kier molecular flexibility index (Phi) is 2.49. The van der Waals surface area contributed by atoms with Crippen LogP contribution in [0, 0.1) is 5.92 Å². The molecule has 1 aromatic rings. The summed E-state index contributed by atoms with van der Waals surface area (Å²) in [6.07, 6.45) is 6.37.